The van der Waals surface area contributed by atoms with Crippen LogP contribution >= 0.6 is 11.8 Å². The summed E-state index contributed by atoms with van der Waals surface area (Å²) in [5.41, 5.74) is 3.59. The Hall–Kier alpha value is -2.67. The minimum Gasteiger partial charge on any atom is -0.333 e. The maximum Gasteiger partial charge on any atom is 0.269 e. The summed E-state index contributed by atoms with van der Waals surface area (Å²) in [5, 5.41) is 11.1. The summed E-state index contributed by atoms with van der Waals surface area (Å²) in [4.78, 5) is 29.7. The minimum atomic E-state index is -0.462. The summed E-state index contributed by atoms with van der Waals surface area (Å²) >= 11 is 1.04. The van der Waals surface area contributed by atoms with Crippen molar-refractivity contribution in [2.75, 3.05) is 0 Å². The Morgan fingerprint density at radius 2 is 2.00 bits per heavy atom. The van der Waals surface area contributed by atoms with Crippen molar-refractivity contribution in [3.05, 3.63) is 63.7 Å². The first-order valence-electron chi connectivity index (χ1n) is 6.91. The predicted octanol–water partition coefficient (Wildman–Crippen LogP) is 3.64. The molecule has 6 nitrogen and oxygen atoms in total. The van der Waals surface area contributed by atoms with E-state index >= 15 is 0 Å². The molecule has 0 radical (unpaired) electrons. The van der Waals surface area contributed by atoms with Gasteiger partial charge in [0.05, 0.1) is 16.0 Å². The number of imidazole rings is 1. The van der Waals surface area contributed by atoms with Crippen molar-refractivity contribution >= 4 is 33.6 Å². The summed E-state index contributed by atoms with van der Waals surface area (Å²) in [5.74, 6) is 0. The van der Waals surface area contributed by atoms with Crippen molar-refractivity contribution < 1.29 is 9.72 Å². The standard InChI is InChI=1S/C16H13N3O3S/c1-10-2-7-13-14(8-10)18-16(17-13)23-15(20)9-11-3-5-12(6-4-11)19(21)22/h2-8H,9H2,1H3,(H,17,18). The van der Waals surface area contributed by atoms with Crippen LogP contribution in [0, 0.1) is 17.0 Å². The first kappa shape index (κ1) is 15.2. The van der Waals surface area contributed by atoms with Gasteiger partial charge in [0, 0.05) is 18.6 Å². The van der Waals surface area contributed by atoms with Crippen molar-refractivity contribution in [2.45, 2.75) is 18.5 Å². The lowest BCUT2D eigenvalue weighted by molar-refractivity contribution is -0.384. The Labute approximate surface area is 136 Å². The molecule has 0 saturated heterocycles. The fourth-order valence-corrected chi connectivity index (χ4v) is 2.95. The molecule has 0 aliphatic heterocycles. The molecule has 0 spiro atoms. The predicted molar refractivity (Wildman–Crippen MR) is 88.5 cm³/mol. The van der Waals surface area contributed by atoms with Gasteiger partial charge in [0.25, 0.3) is 5.69 Å². The van der Waals surface area contributed by atoms with E-state index in [0.29, 0.717) is 5.16 Å². The zero-order chi connectivity index (χ0) is 16.4. The topological polar surface area (TPSA) is 88.9 Å². The van der Waals surface area contributed by atoms with E-state index in [2.05, 4.69) is 9.97 Å². The van der Waals surface area contributed by atoms with Gasteiger partial charge in [-0.15, -0.1) is 0 Å². The molecule has 0 unspecified atom stereocenters. The summed E-state index contributed by atoms with van der Waals surface area (Å²) in [6.07, 6.45) is 0.193. The highest BCUT2D eigenvalue weighted by atomic mass is 32.2. The average molecular weight is 327 g/mol. The average Bonchev–Trinajstić information content (AvgIpc) is 2.88. The molecule has 0 bridgehead atoms. The van der Waals surface area contributed by atoms with Crippen molar-refractivity contribution in [2.24, 2.45) is 0 Å². The van der Waals surface area contributed by atoms with Crippen molar-refractivity contribution in [1.82, 2.24) is 9.97 Å². The van der Waals surface area contributed by atoms with Gasteiger partial charge in [-0.05, 0) is 41.9 Å². The molecule has 2 aromatic carbocycles. The lowest BCUT2D eigenvalue weighted by atomic mass is 10.1. The fraction of sp³-hybridized carbons (Fsp3) is 0.125. The number of nitro groups is 1. The number of rotatable bonds is 4. The van der Waals surface area contributed by atoms with E-state index in [0.717, 1.165) is 33.9 Å². The van der Waals surface area contributed by atoms with Gasteiger partial charge in [-0.2, -0.15) is 0 Å². The number of non-ortho nitro benzene ring substituents is 1. The van der Waals surface area contributed by atoms with Crippen molar-refractivity contribution in [3.8, 4) is 0 Å². The maximum atomic E-state index is 12.1. The Balaban J connectivity index is 1.69. The largest absolute Gasteiger partial charge is 0.333 e. The quantitative estimate of drug-likeness (QED) is 0.449. The Morgan fingerprint density at radius 3 is 2.70 bits per heavy atom. The van der Waals surface area contributed by atoms with E-state index in [1.807, 2.05) is 25.1 Å². The second-order valence-corrected chi connectivity index (χ2v) is 6.18. The molecular weight excluding hydrogens is 314 g/mol. The Morgan fingerprint density at radius 1 is 1.26 bits per heavy atom. The zero-order valence-corrected chi connectivity index (χ0v) is 13.1. The first-order valence-corrected chi connectivity index (χ1v) is 7.73. The molecule has 0 saturated carbocycles. The van der Waals surface area contributed by atoms with E-state index in [9.17, 15) is 14.9 Å². The smallest absolute Gasteiger partial charge is 0.269 e. The van der Waals surface area contributed by atoms with E-state index < -0.39 is 4.92 Å². The number of nitrogens with one attached hydrogen (secondary N) is 1. The normalized spacial score (nSPS) is 10.8. The molecule has 0 aliphatic rings. The Kier molecular flexibility index (Phi) is 4.12. The number of nitrogens with zero attached hydrogens (tertiary/aromatic N) is 2. The third kappa shape index (κ3) is 3.57. The molecule has 0 aliphatic carbocycles. The van der Waals surface area contributed by atoms with Crippen LogP contribution in [0.15, 0.2) is 47.6 Å². The molecule has 1 aromatic heterocycles. The van der Waals surface area contributed by atoms with Crippen LogP contribution in [-0.2, 0) is 11.2 Å². The fourth-order valence-electron chi connectivity index (χ4n) is 2.19. The molecule has 23 heavy (non-hydrogen) atoms. The number of fused-ring (bicyclic) bond motifs is 1. The van der Waals surface area contributed by atoms with Crippen LogP contribution < -0.4 is 0 Å². The van der Waals surface area contributed by atoms with Gasteiger partial charge in [-0.25, -0.2) is 4.98 Å². The van der Waals surface area contributed by atoms with Gasteiger partial charge < -0.3 is 4.98 Å². The minimum absolute atomic E-state index is 0.0153. The number of H-pyrrole nitrogens is 1. The number of hydrogen-bond donors (Lipinski definition) is 1. The lowest BCUT2D eigenvalue weighted by Crippen LogP contribution is -1.98. The molecule has 1 heterocycles. The second-order valence-electron chi connectivity index (χ2n) is 5.14. The van der Waals surface area contributed by atoms with Crippen molar-refractivity contribution in [3.63, 3.8) is 0 Å². The molecule has 116 valence electrons. The third-order valence-electron chi connectivity index (χ3n) is 3.32. The van der Waals surface area contributed by atoms with Crippen LogP contribution in [0.1, 0.15) is 11.1 Å². The number of benzene rings is 2. The summed E-state index contributed by atoms with van der Waals surface area (Å²) < 4.78 is 0. The molecule has 0 fully saturated rings. The molecule has 7 heteroatoms. The van der Waals surface area contributed by atoms with Gasteiger partial charge in [0.1, 0.15) is 0 Å². The number of aryl methyl sites for hydroxylation is 1. The van der Waals surface area contributed by atoms with E-state index in [4.69, 9.17) is 0 Å². The summed E-state index contributed by atoms with van der Waals surface area (Å²) in [7, 11) is 0. The number of aromatic amines is 1. The highest BCUT2D eigenvalue weighted by molar-refractivity contribution is 8.13. The van der Waals surface area contributed by atoms with Gasteiger partial charge >= 0.3 is 0 Å². The van der Waals surface area contributed by atoms with E-state index in [-0.39, 0.29) is 17.2 Å². The van der Waals surface area contributed by atoms with E-state index in [1.165, 1.54) is 12.1 Å². The van der Waals surface area contributed by atoms with Gasteiger partial charge in [-0.1, -0.05) is 18.2 Å². The van der Waals surface area contributed by atoms with Crippen LogP contribution in [0.2, 0.25) is 0 Å². The number of carbonyl (C=O) groups is 1. The number of thioether (sulfide) groups is 1. The number of carbonyl (C=O) groups excluding carboxylic acids is 1. The van der Waals surface area contributed by atoms with Gasteiger partial charge in [0.2, 0.25) is 5.12 Å². The zero-order valence-electron chi connectivity index (χ0n) is 12.3. The van der Waals surface area contributed by atoms with Crippen LogP contribution in [0.3, 0.4) is 0 Å². The highest BCUT2D eigenvalue weighted by Crippen LogP contribution is 2.22. The Bertz CT molecular complexity index is 887. The third-order valence-corrected chi connectivity index (χ3v) is 4.08. The SMILES string of the molecule is Cc1ccc2nc(SC(=O)Cc3ccc([N+](=O)[O-])cc3)[nH]c2c1. The number of aromatic nitrogens is 2. The van der Waals surface area contributed by atoms with Crippen LogP contribution in [-0.4, -0.2) is 20.0 Å². The van der Waals surface area contributed by atoms with Crippen molar-refractivity contribution in [1.29, 1.82) is 0 Å². The lowest BCUT2D eigenvalue weighted by Gasteiger charge is -1.99. The van der Waals surface area contributed by atoms with Crippen LogP contribution in [0.5, 0.6) is 0 Å². The second kappa shape index (κ2) is 6.21. The molecular formula is C16H13N3O3S. The summed E-state index contributed by atoms with van der Waals surface area (Å²) in [6, 6.07) is 11.8. The number of nitro benzene ring substituents is 1. The van der Waals surface area contributed by atoms with Gasteiger partial charge in [0.15, 0.2) is 5.16 Å². The molecule has 3 aromatic rings. The maximum absolute atomic E-state index is 12.1. The summed E-state index contributed by atoms with van der Waals surface area (Å²) in [6.45, 7) is 1.99. The van der Waals surface area contributed by atoms with E-state index in [1.54, 1.807) is 12.1 Å². The van der Waals surface area contributed by atoms with Crippen LogP contribution in [0.25, 0.3) is 11.0 Å². The first-order chi connectivity index (χ1) is 11.0. The highest BCUT2D eigenvalue weighted by Gasteiger charge is 2.11. The molecule has 1 N–H and O–H groups in total. The molecule has 3 rings (SSSR count). The molecule has 0 atom stereocenters. The monoisotopic (exact) mass is 327 g/mol. The van der Waals surface area contributed by atoms with Gasteiger partial charge in [-0.3, -0.25) is 14.9 Å². The number of hydrogen-bond acceptors (Lipinski definition) is 5. The molecule has 0 amide bonds. The van der Waals surface area contributed by atoms with Crippen LogP contribution in [0.4, 0.5) is 5.69 Å².